The number of carbonyl (C=O) groups is 1. The highest BCUT2D eigenvalue weighted by Gasteiger charge is 2.43. The van der Waals surface area contributed by atoms with Crippen molar-refractivity contribution in [2.75, 3.05) is 0 Å². The number of fused-ring (bicyclic) bond motifs is 3. The van der Waals surface area contributed by atoms with Crippen molar-refractivity contribution in [1.82, 2.24) is 0 Å². The van der Waals surface area contributed by atoms with Crippen LogP contribution in [0, 0.1) is 35.5 Å². The third-order valence-corrected chi connectivity index (χ3v) is 6.66. The molecule has 0 heterocycles. The summed E-state index contributed by atoms with van der Waals surface area (Å²) >= 11 is 0. The predicted octanol–water partition coefficient (Wildman–Crippen LogP) is 5.53. The van der Waals surface area contributed by atoms with Crippen LogP contribution < -0.4 is 0 Å². The van der Waals surface area contributed by atoms with Gasteiger partial charge in [-0.05, 0) is 74.0 Å². The molecule has 0 aromatic rings. The molecule has 5 unspecified atom stereocenters. The van der Waals surface area contributed by atoms with Gasteiger partial charge in [-0.15, -0.1) is 0 Å². The number of allylic oxidation sites excluding steroid dienone is 1. The summed E-state index contributed by atoms with van der Waals surface area (Å²) in [6, 6.07) is 0. The van der Waals surface area contributed by atoms with Crippen molar-refractivity contribution in [3.8, 4) is 0 Å². The van der Waals surface area contributed by atoms with Crippen molar-refractivity contribution in [2.45, 2.75) is 72.1 Å². The molecule has 22 heavy (non-hydrogen) atoms. The second kappa shape index (κ2) is 7.66. The third kappa shape index (κ3) is 4.14. The molecule has 0 saturated heterocycles. The lowest BCUT2D eigenvalue weighted by atomic mass is 9.57. The van der Waals surface area contributed by atoms with Gasteiger partial charge >= 0.3 is 0 Å². The van der Waals surface area contributed by atoms with E-state index >= 15 is 0 Å². The molecular formula is C20H34O2. The van der Waals surface area contributed by atoms with E-state index in [-0.39, 0.29) is 0 Å². The molecule has 3 fully saturated rings. The number of carboxylic acids is 1. The van der Waals surface area contributed by atoms with E-state index in [1.807, 2.05) is 0 Å². The minimum Gasteiger partial charge on any atom is -0.481 e. The Morgan fingerprint density at radius 3 is 2.32 bits per heavy atom. The molecule has 2 heteroatoms. The van der Waals surface area contributed by atoms with Crippen LogP contribution in [0.5, 0.6) is 0 Å². The van der Waals surface area contributed by atoms with Crippen LogP contribution in [0.1, 0.15) is 72.1 Å². The summed E-state index contributed by atoms with van der Waals surface area (Å²) in [5, 5.41) is 7.42. The van der Waals surface area contributed by atoms with E-state index in [9.17, 15) is 0 Å². The van der Waals surface area contributed by atoms with Gasteiger partial charge in [0.25, 0.3) is 5.97 Å². The first-order valence-electron chi connectivity index (χ1n) is 9.27. The fraction of sp³-hybridized carbons (Fsp3) is 0.850. The Morgan fingerprint density at radius 1 is 1.00 bits per heavy atom. The second-order valence-electron chi connectivity index (χ2n) is 8.10. The number of hydrogen-bond donors (Lipinski definition) is 1. The Kier molecular flexibility index (Phi) is 6.11. The Balaban J connectivity index is 0.000000396. The molecule has 0 aromatic carbocycles. The summed E-state index contributed by atoms with van der Waals surface area (Å²) in [5.41, 5.74) is 1.56. The molecule has 0 aliphatic heterocycles. The lowest BCUT2D eigenvalue weighted by molar-refractivity contribution is -0.134. The van der Waals surface area contributed by atoms with Crippen LogP contribution in [0.2, 0.25) is 0 Å². The Morgan fingerprint density at radius 2 is 1.64 bits per heavy atom. The maximum atomic E-state index is 9.00. The van der Waals surface area contributed by atoms with E-state index in [0.717, 1.165) is 42.4 Å². The van der Waals surface area contributed by atoms with Gasteiger partial charge in [0.15, 0.2) is 0 Å². The van der Waals surface area contributed by atoms with Gasteiger partial charge in [0.2, 0.25) is 0 Å². The molecule has 3 aliphatic carbocycles. The first kappa shape index (κ1) is 17.6. The molecule has 3 aliphatic rings. The largest absolute Gasteiger partial charge is 0.481 e. The van der Waals surface area contributed by atoms with Crippen LogP contribution in [-0.2, 0) is 4.79 Å². The van der Waals surface area contributed by atoms with Crippen LogP contribution in [0.15, 0.2) is 12.2 Å². The zero-order valence-electron chi connectivity index (χ0n) is 14.7. The van der Waals surface area contributed by atoms with Gasteiger partial charge in [0.1, 0.15) is 0 Å². The maximum absolute atomic E-state index is 9.00. The molecule has 3 rings (SSSR count). The average Bonchev–Trinajstić information content (AvgIpc) is 2.58. The molecule has 0 aromatic heterocycles. The minimum atomic E-state index is -0.833. The van der Waals surface area contributed by atoms with E-state index < -0.39 is 5.97 Å². The number of rotatable bonds is 0. The lowest BCUT2D eigenvalue weighted by Crippen LogP contribution is -2.39. The average molecular weight is 306 g/mol. The monoisotopic (exact) mass is 306 g/mol. The molecule has 0 amide bonds. The fourth-order valence-corrected chi connectivity index (χ4v) is 5.41. The molecule has 0 spiro atoms. The first-order chi connectivity index (χ1) is 10.4. The maximum Gasteiger partial charge on any atom is 0.300 e. The Bertz CT molecular complexity index is 397. The van der Waals surface area contributed by atoms with Crippen LogP contribution in [0.4, 0.5) is 0 Å². The summed E-state index contributed by atoms with van der Waals surface area (Å²) in [7, 11) is 0. The van der Waals surface area contributed by atoms with Gasteiger partial charge in [0, 0.05) is 6.92 Å². The van der Waals surface area contributed by atoms with Crippen LogP contribution in [-0.4, -0.2) is 11.1 Å². The molecule has 0 bridgehead atoms. The van der Waals surface area contributed by atoms with Crippen molar-refractivity contribution in [3.05, 3.63) is 12.2 Å². The SMILES string of the molecule is C=C1CC2CCC3C(C)CCCC3C2CC[C@@H]1C.CC(=O)O. The number of aliphatic carboxylic acids is 1. The zero-order valence-corrected chi connectivity index (χ0v) is 14.7. The molecule has 0 radical (unpaired) electrons. The van der Waals surface area contributed by atoms with E-state index in [1.165, 1.54) is 51.4 Å². The number of carboxylic acid groups (broad SMARTS) is 1. The quantitative estimate of drug-likeness (QED) is 0.597. The molecule has 2 nitrogen and oxygen atoms in total. The second-order valence-corrected chi connectivity index (χ2v) is 8.10. The van der Waals surface area contributed by atoms with Gasteiger partial charge in [-0.1, -0.05) is 38.8 Å². The summed E-state index contributed by atoms with van der Waals surface area (Å²) in [6.45, 7) is 10.4. The lowest BCUT2D eigenvalue weighted by Gasteiger charge is -2.48. The van der Waals surface area contributed by atoms with Crippen molar-refractivity contribution in [3.63, 3.8) is 0 Å². The van der Waals surface area contributed by atoms with Gasteiger partial charge in [-0.3, -0.25) is 4.79 Å². The van der Waals surface area contributed by atoms with Crippen LogP contribution >= 0.6 is 0 Å². The molecule has 126 valence electrons. The van der Waals surface area contributed by atoms with Gasteiger partial charge in [0.05, 0.1) is 0 Å². The zero-order chi connectivity index (χ0) is 16.3. The van der Waals surface area contributed by atoms with Crippen molar-refractivity contribution in [2.24, 2.45) is 35.5 Å². The van der Waals surface area contributed by atoms with Crippen molar-refractivity contribution >= 4 is 5.97 Å². The summed E-state index contributed by atoms with van der Waals surface area (Å²) in [4.78, 5) is 9.00. The highest BCUT2D eigenvalue weighted by atomic mass is 16.4. The molecular weight excluding hydrogens is 272 g/mol. The highest BCUT2D eigenvalue weighted by molar-refractivity contribution is 5.62. The highest BCUT2D eigenvalue weighted by Crippen LogP contribution is 2.53. The Labute approximate surface area is 136 Å². The topological polar surface area (TPSA) is 37.3 Å². The molecule has 1 N–H and O–H groups in total. The first-order valence-corrected chi connectivity index (χ1v) is 9.27. The van der Waals surface area contributed by atoms with E-state index in [0.29, 0.717) is 0 Å². The molecule has 3 saturated carbocycles. The summed E-state index contributed by atoms with van der Waals surface area (Å²) in [6.07, 6.45) is 11.8. The van der Waals surface area contributed by atoms with Crippen molar-refractivity contribution < 1.29 is 9.90 Å². The van der Waals surface area contributed by atoms with E-state index in [4.69, 9.17) is 9.90 Å². The smallest absolute Gasteiger partial charge is 0.300 e. The predicted molar refractivity (Wildman–Crippen MR) is 91.7 cm³/mol. The normalized spacial score (nSPS) is 41.3. The number of hydrogen-bond acceptors (Lipinski definition) is 1. The van der Waals surface area contributed by atoms with Gasteiger partial charge in [-0.25, -0.2) is 0 Å². The van der Waals surface area contributed by atoms with E-state index in [1.54, 1.807) is 5.57 Å². The Hall–Kier alpha value is -0.790. The van der Waals surface area contributed by atoms with Gasteiger partial charge in [-0.2, -0.15) is 0 Å². The molecule has 6 atom stereocenters. The van der Waals surface area contributed by atoms with Crippen molar-refractivity contribution in [1.29, 1.82) is 0 Å². The van der Waals surface area contributed by atoms with Gasteiger partial charge < -0.3 is 5.11 Å². The summed E-state index contributed by atoms with van der Waals surface area (Å²) in [5.74, 6) is 5.15. The standard InChI is InChI=1S/C18H30.C2H4O2/c1-12-7-9-17-15(11-14(12)3)8-10-16-13(2)5-4-6-18(16)17;1-2(3)4/h12-13,15-18H,3-11H2,1-2H3;1H3,(H,3,4)/t12-,13?,15?,16?,17?,18?;/m0./s1. The van der Waals surface area contributed by atoms with Crippen LogP contribution in [0.3, 0.4) is 0 Å². The summed E-state index contributed by atoms with van der Waals surface area (Å²) < 4.78 is 0. The van der Waals surface area contributed by atoms with E-state index in [2.05, 4.69) is 20.4 Å². The minimum absolute atomic E-state index is 0.787. The van der Waals surface area contributed by atoms with Crippen LogP contribution in [0.25, 0.3) is 0 Å². The third-order valence-electron chi connectivity index (χ3n) is 6.66. The fourth-order valence-electron chi connectivity index (χ4n) is 5.41.